The van der Waals surface area contributed by atoms with Crippen LogP contribution in [-0.2, 0) is 10.0 Å². The monoisotopic (exact) mass is 477 g/mol. The lowest BCUT2D eigenvalue weighted by atomic mass is 10.1. The van der Waals surface area contributed by atoms with Gasteiger partial charge in [0.25, 0.3) is 10.0 Å². The maximum absolute atomic E-state index is 13.6. The molecule has 0 saturated carbocycles. The van der Waals surface area contributed by atoms with Crippen LogP contribution < -0.4 is 14.9 Å². The fourth-order valence-corrected chi connectivity index (χ4v) is 5.14. The Morgan fingerprint density at radius 1 is 0.824 bits per heavy atom. The van der Waals surface area contributed by atoms with Crippen LogP contribution in [0.15, 0.2) is 102 Å². The minimum atomic E-state index is -3.84. The highest BCUT2D eigenvalue weighted by Gasteiger charge is 2.25. The molecule has 0 saturated heterocycles. The van der Waals surface area contributed by atoms with Crippen LogP contribution in [0.3, 0.4) is 0 Å². The SMILES string of the molecule is O=C(NCCCN(c1ccccc1)S(=O)(=O)c1ccc2ccccc2c1)Nc1cccc(F)c1. The molecule has 0 aliphatic heterocycles. The molecule has 2 N–H and O–H groups in total. The molecule has 0 atom stereocenters. The van der Waals surface area contributed by atoms with Crippen LogP contribution in [0.25, 0.3) is 10.8 Å². The van der Waals surface area contributed by atoms with Gasteiger partial charge in [0.2, 0.25) is 0 Å². The van der Waals surface area contributed by atoms with Crippen molar-refractivity contribution in [3.8, 4) is 0 Å². The van der Waals surface area contributed by atoms with Gasteiger partial charge in [0.1, 0.15) is 5.82 Å². The van der Waals surface area contributed by atoms with Crippen molar-refractivity contribution in [3.05, 3.63) is 103 Å². The summed E-state index contributed by atoms with van der Waals surface area (Å²) in [5, 5.41) is 7.03. The Morgan fingerprint density at radius 2 is 1.56 bits per heavy atom. The van der Waals surface area contributed by atoms with Crippen molar-refractivity contribution in [3.63, 3.8) is 0 Å². The van der Waals surface area contributed by atoms with Crippen LogP contribution in [-0.4, -0.2) is 27.5 Å². The largest absolute Gasteiger partial charge is 0.338 e. The second-order valence-corrected chi connectivity index (χ2v) is 9.53. The number of hydrogen-bond acceptors (Lipinski definition) is 3. The summed E-state index contributed by atoms with van der Waals surface area (Å²) in [7, 11) is -3.84. The average Bonchev–Trinajstić information content (AvgIpc) is 2.84. The Morgan fingerprint density at radius 3 is 2.32 bits per heavy atom. The fraction of sp³-hybridized carbons (Fsp3) is 0.115. The fourth-order valence-electron chi connectivity index (χ4n) is 3.60. The molecule has 8 heteroatoms. The van der Waals surface area contributed by atoms with E-state index < -0.39 is 21.9 Å². The van der Waals surface area contributed by atoms with Gasteiger partial charge in [0.05, 0.1) is 10.6 Å². The van der Waals surface area contributed by atoms with E-state index in [1.54, 1.807) is 48.5 Å². The molecule has 0 fully saturated rings. The predicted molar refractivity (Wildman–Crippen MR) is 133 cm³/mol. The summed E-state index contributed by atoms with van der Waals surface area (Å²) in [4.78, 5) is 12.3. The first kappa shape index (κ1) is 23.3. The predicted octanol–water partition coefficient (Wildman–Crippen LogP) is 5.39. The van der Waals surface area contributed by atoms with Crippen molar-refractivity contribution in [1.82, 2.24) is 5.32 Å². The molecular weight excluding hydrogens is 453 g/mol. The third-order valence-electron chi connectivity index (χ3n) is 5.26. The number of carbonyl (C=O) groups excluding carboxylic acids is 1. The lowest BCUT2D eigenvalue weighted by molar-refractivity contribution is 0.252. The zero-order chi connectivity index (χ0) is 24.0. The number of carbonyl (C=O) groups is 1. The van der Waals surface area contributed by atoms with E-state index in [0.717, 1.165) is 10.8 Å². The second kappa shape index (κ2) is 10.4. The van der Waals surface area contributed by atoms with E-state index in [4.69, 9.17) is 0 Å². The minimum Gasteiger partial charge on any atom is -0.338 e. The van der Waals surface area contributed by atoms with Gasteiger partial charge in [-0.2, -0.15) is 0 Å². The van der Waals surface area contributed by atoms with E-state index in [1.807, 2.05) is 30.3 Å². The van der Waals surface area contributed by atoms with Gasteiger partial charge < -0.3 is 10.6 Å². The minimum absolute atomic E-state index is 0.166. The molecule has 0 aliphatic rings. The molecular formula is C26H24FN3O3S. The van der Waals surface area contributed by atoms with Gasteiger partial charge >= 0.3 is 6.03 Å². The highest BCUT2D eigenvalue weighted by atomic mass is 32.2. The molecule has 0 heterocycles. The molecule has 0 aromatic heterocycles. The number of nitrogens with zero attached hydrogens (tertiary/aromatic N) is 1. The summed E-state index contributed by atoms with van der Waals surface area (Å²) < 4.78 is 41.8. The van der Waals surface area contributed by atoms with Gasteiger partial charge in [-0.25, -0.2) is 17.6 Å². The topological polar surface area (TPSA) is 78.5 Å². The number of para-hydroxylation sites is 1. The molecule has 2 amide bonds. The van der Waals surface area contributed by atoms with Crippen LogP contribution >= 0.6 is 0 Å². The van der Waals surface area contributed by atoms with Gasteiger partial charge in [-0.15, -0.1) is 0 Å². The molecule has 0 radical (unpaired) electrons. The number of halogens is 1. The summed E-state index contributed by atoms with van der Waals surface area (Å²) in [6.45, 7) is 0.400. The molecule has 4 aromatic carbocycles. The van der Waals surface area contributed by atoms with E-state index in [2.05, 4.69) is 10.6 Å². The number of urea groups is 1. The Bertz CT molecular complexity index is 1390. The first-order chi connectivity index (χ1) is 16.4. The number of fused-ring (bicyclic) bond motifs is 1. The van der Waals surface area contributed by atoms with Gasteiger partial charge in [0, 0.05) is 18.8 Å². The quantitative estimate of drug-likeness (QED) is 0.334. The molecule has 4 aromatic rings. The molecule has 34 heavy (non-hydrogen) atoms. The van der Waals surface area contributed by atoms with Gasteiger partial charge in [0.15, 0.2) is 0 Å². The molecule has 0 bridgehead atoms. The Kier molecular flexibility index (Phi) is 7.08. The van der Waals surface area contributed by atoms with Crippen molar-refractivity contribution in [2.45, 2.75) is 11.3 Å². The van der Waals surface area contributed by atoms with Crippen molar-refractivity contribution in [2.75, 3.05) is 22.7 Å². The highest BCUT2D eigenvalue weighted by Crippen LogP contribution is 2.26. The lowest BCUT2D eigenvalue weighted by Gasteiger charge is -2.25. The van der Waals surface area contributed by atoms with Gasteiger partial charge in [-0.05, 0) is 59.7 Å². The molecule has 4 rings (SSSR count). The maximum atomic E-state index is 13.6. The Hall–Kier alpha value is -3.91. The number of amides is 2. The number of rotatable bonds is 8. The van der Waals surface area contributed by atoms with Crippen molar-refractivity contribution in [2.24, 2.45) is 0 Å². The standard InChI is InChI=1S/C26H24FN3O3S/c27-22-10-6-11-23(19-22)29-26(31)28-16-7-17-30(24-12-2-1-3-13-24)34(32,33)25-15-14-20-8-4-5-9-21(20)18-25/h1-6,8-15,18-19H,7,16-17H2,(H2,28,29,31). The molecule has 0 aliphatic carbocycles. The van der Waals surface area contributed by atoms with Crippen LogP contribution in [0.1, 0.15) is 6.42 Å². The lowest BCUT2D eigenvalue weighted by Crippen LogP contribution is -2.35. The number of anilines is 2. The molecule has 174 valence electrons. The summed E-state index contributed by atoms with van der Waals surface area (Å²) >= 11 is 0. The summed E-state index contributed by atoms with van der Waals surface area (Å²) in [6, 6.07) is 26.6. The van der Waals surface area contributed by atoms with Crippen molar-refractivity contribution in [1.29, 1.82) is 0 Å². The van der Waals surface area contributed by atoms with E-state index in [9.17, 15) is 17.6 Å². The third kappa shape index (κ3) is 5.52. The van der Waals surface area contributed by atoms with Crippen LogP contribution in [0, 0.1) is 5.82 Å². The van der Waals surface area contributed by atoms with Crippen molar-refractivity contribution >= 4 is 38.2 Å². The van der Waals surface area contributed by atoms with Crippen LogP contribution in [0.5, 0.6) is 0 Å². The van der Waals surface area contributed by atoms with Crippen LogP contribution in [0.2, 0.25) is 0 Å². The van der Waals surface area contributed by atoms with E-state index in [1.165, 1.54) is 22.5 Å². The third-order valence-corrected chi connectivity index (χ3v) is 7.08. The first-order valence-electron chi connectivity index (χ1n) is 10.8. The molecule has 6 nitrogen and oxygen atoms in total. The Balaban J connectivity index is 1.46. The number of hydrogen-bond donors (Lipinski definition) is 2. The smallest absolute Gasteiger partial charge is 0.319 e. The average molecular weight is 478 g/mol. The second-order valence-electron chi connectivity index (χ2n) is 7.67. The Labute approximate surface area is 198 Å². The maximum Gasteiger partial charge on any atom is 0.319 e. The zero-order valence-corrected chi connectivity index (χ0v) is 19.1. The molecule has 0 spiro atoms. The number of sulfonamides is 1. The zero-order valence-electron chi connectivity index (χ0n) is 18.3. The number of benzene rings is 4. The summed E-state index contributed by atoms with van der Waals surface area (Å²) in [5.74, 6) is -0.449. The number of nitrogens with one attached hydrogen (secondary N) is 2. The van der Waals surface area contributed by atoms with E-state index in [-0.39, 0.29) is 18.0 Å². The van der Waals surface area contributed by atoms with Gasteiger partial charge in [-0.3, -0.25) is 4.31 Å². The normalized spacial score (nSPS) is 11.2. The van der Waals surface area contributed by atoms with Gasteiger partial charge in [-0.1, -0.05) is 54.6 Å². The summed E-state index contributed by atoms with van der Waals surface area (Å²) in [6.07, 6.45) is 0.373. The summed E-state index contributed by atoms with van der Waals surface area (Å²) in [5.41, 5.74) is 0.877. The first-order valence-corrected chi connectivity index (χ1v) is 12.2. The van der Waals surface area contributed by atoms with E-state index >= 15 is 0 Å². The molecule has 0 unspecified atom stereocenters. The van der Waals surface area contributed by atoms with Crippen molar-refractivity contribution < 1.29 is 17.6 Å². The van der Waals surface area contributed by atoms with E-state index in [0.29, 0.717) is 17.8 Å². The van der Waals surface area contributed by atoms with Crippen LogP contribution in [0.4, 0.5) is 20.6 Å². The highest BCUT2D eigenvalue weighted by molar-refractivity contribution is 7.92.